The van der Waals surface area contributed by atoms with Gasteiger partial charge in [0.15, 0.2) is 5.96 Å². The predicted octanol–water partition coefficient (Wildman–Crippen LogP) is 1.08. The number of halogens is 1. The minimum Gasteiger partial charge on any atom is -0.356 e. The number of rotatable bonds is 8. The van der Waals surface area contributed by atoms with E-state index >= 15 is 0 Å². The zero-order valence-electron chi connectivity index (χ0n) is 15.8. The number of aliphatic imine (C=N–C) groups is 1. The molecule has 0 aromatic carbocycles. The summed E-state index contributed by atoms with van der Waals surface area (Å²) in [6.45, 7) is 13.1. The van der Waals surface area contributed by atoms with Crippen molar-refractivity contribution in [1.82, 2.24) is 30.2 Å². The molecule has 1 aliphatic rings. The smallest absolute Gasteiger partial charge is 0.191 e. The van der Waals surface area contributed by atoms with Crippen molar-refractivity contribution in [3.05, 3.63) is 18.5 Å². The van der Waals surface area contributed by atoms with Crippen LogP contribution in [0.25, 0.3) is 0 Å². The maximum atomic E-state index is 4.31. The molecule has 1 aromatic heterocycles. The summed E-state index contributed by atoms with van der Waals surface area (Å²) in [7, 11) is 1.83. The van der Waals surface area contributed by atoms with Gasteiger partial charge in [0.1, 0.15) is 0 Å². The van der Waals surface area contributed by atoms with Crippen LogP contribution in [0.15, 0.2) is 23.5 Å². The van der Waals surface area contributed by atoms with Crippen LogP contribution in [0.5, 0.6) is 0 Å². The highest BCUT2D eigenvalue weighted by molar-refractivity contribution is 14.0. The Bertz CT molecular complexity index is 469. The lowest BCUT2D eigenvalue weighted by Gasteiger charge is -2.37. The van der Waals surface area contributed by atoms with Gasteiger partial charge in [-0.25, -0.2) is 0 Å². The van der Waals surface area contributed by atoms with Crippen molar-refractivity contribution in [2.24, 2.45) is 4.99 Å². The number of likely N-dealkylation sites (N-methyl/N-ethyl adjacent to an activating group) is 1. The molecule has 8 heteroatoms. The molecule has 1 atom stereocenters. The zero-order chi connectivity index (χ0) is 17.2. The van der Waals surface area contributed by atoms with E-state index in [1.165, 1.54) is 13.1 Å². The predicted molar refractivity (Wildman–Crippen MR) is 115 cm³/mol. The van der Waals surface area contributed by atoms with Crippen LogP contribution in [0, 0.1) is 0 Å². The van der Waals surface area contributed by atoms with E-state index in [2.05, 4.69) is 44.4 Å². The molecule has 0 amide bonds. The van der Waals surface area contributed by atoms with E-state index in [0.29, 0.717) is 6.04 Å². The zero-order valence-corrected chi connectivity index (χ0v) is 18.1. The van der Waals surface area contributed by atoms with Gasteiger partial charge in [0.2, 0.25) is 0 Å². The summed E-state index contributed by atoms with van der Waals surface area (Å²) in [6.07, 6.45) is 4.83. The quantitative estimate of drug-likeness (QED) is 0.262. The number of aryl methyl sites for hydroxylation is 1. The minimum atomic E-state index is 0. The number of aromatic nitrogens is 2. The molecule has 0 radical (unpaired) electrons. The lowest BCUT2D eigenvalue weighted by molar-refractivity contribution is 0.107. The maximum absolute atomic E-state index is 4.31. The summed E-state index contributed by atoms with van der Waals surface area (Å²) in [5.41, 5.74) is 0. The van der Waals surface area contributed by atoms with E-state index in [0.717, 1.165) is 51.6 Å². The van der Waals surface area contributed by atoms with Crippen molar-refractivity contribution >= 4 is 29.9 Å². The normalized spacial score (nSPS) is 17.8. The largest absolute Gasteiger partial charge is 0.356 e. The van der Waals surface area contributed by atoms with Crippen LogP contribution in [0.3, 0.4) is 0 Å². The van der Waals surface area contributed by atoms with Gasteiger partial charge in [0.05, 0.1) is 0 Å². The van der Waals surface area contributed by atoms with Crippen LogP contribution in [0.1, 0.15) is 20.3 Å². The molecule has 7 nitrogen and oxygen atoms in total. The lowest BCUT2D eigenvalue weighted by Crippen LogP contribution is -2.53. The summed E-state index contributed by atoms with van der Waals surface area (Å²) >= 11 is 0. The van der Waals surface area contributed by atoms with Crippen molar-refractivity contribution in [2.75, 3.05) is 52.9 Å². The molecule has 0 bridgehead atoms. The lowest BCUT2D eigenvalue weighted by atomic mass is 10.2. The third-order valence-corrected chi connectivity index (χ3v) is 4.68. The Morgan fingerprint density at radius 2 is 2.00 bits per heavy atom. The van der Waals surface area contributed by atoms with Gasteiger partial charge in [-0.05, 0) is 26.0 Å². The molecule has 0 aliphatic carbocycles. The fraction of sp³-hybridized carbons (Fsp3) is 0.765. The summed E-state index contributed by atoms with van der Waals surface area (Å²) < 4.78 is 1.95. The average Bonchev–Trinajstić information content (AvgIpc) is 3.14. The van der Waals surface area contributed by atoms with Crippen LogP contribution in [0.4, 0.5) is 0 Å². The summed E-state index contributed by atoms with van der Waals surface area (Å²) in [5.74, 6) is 0.884. The van der Waals surface area contributed by atoms with Crippen LogP contribution < -0.4 is 10.6 Å². The molecular weight excluding hydrogens is 429 g/mol. The van der Waals surface area contributed by atoms with Gasteiger partial charge in [-0.2, -0.15) is 5.10 Å². The van der Waals surface area contributed by atoms with Crippen LogP contribution in [-0.4, -0.2) is 84.4 Å². The summed E-state index contributed by atoms with van der Waals surface area (Å²) in [5, 5.41) is 11.0. The number of guanidine groups is 1. The van der Waals surface area contributed by atoms with Gasteiger partial charge in [-0.3, -0.25) is 14.6 Å². The van der Waals surface area contributed by atoms with E-state index in [9.17, 15) is 0 Å². The van der Waals surface area contributed by atoms with Gasteiger partial charge in [-0.15, -0.1) is 24.0 Å². The molecule has 0 spiro atoms. The number of piperazine rings is 1. The van der Waals surface area contributed by atoms with Crippen molar-refractivity contribution in [1.29, 1.82) is 0 Å². The van der Waals surface area contributed by atoms with Crippen molar-refractivity contribution in [2.45, 2.75) is 32.9 Å². The highest BCUT2D eigenvalue weighted by Crippen LogP contribution is 2.05. The molecule has 1 fully saturated rings. The van der Waals surface area contributed by atoms with Crippen LogP contribution >= 0.6 is 24.0 Å². The molecule has 1 saturated heterocycles. The highest BCUT2D eigenvalue weighted by Gasteiger charge is 2.20. The number of nitrogens with one attached hydrogen (secondary N) is 2. The molecule has 1 aromatic rings. The van der Waals surface area contributed by atoms with Gasteiger partial charge < -0.3 is 15.5 Å². The monoisotopic (exact) mass is 463 g/mol. The maximum Gasteiger partial charge on any atom is 0.191 e. The molecule has 25 heavy (non-hydrogen) atoms. The number of hydrogen-bond donors (Lipinski definition) is 2. The third kappa shape index (κ3) is 7.91. The minimum absolute atomic E-state index is 0. The molecule has 2 heterocycles. The SMILES string of the molecule is CCN1CCN(C(C)CNC(=NC)NCCCn2cccn2)CC1.I. The molecule has 0 saturated carbocycles. The van der Waals surface area contributed by atoms with E-state index in [4.69, 9.17) is 0 Å². The molecule has 144 valence electrons. The first-order valence-corrected chi connectivity index (χ1v) is 9.11. The Morgan fingerprint density at radius 1 is 1.24 bits per heavy atom. The van der Waals surface area contributed by atoms with E-state index < -0.39 is 0 Å². The first-order chi connectivity index (χ1) is 11.7. The second kappa shape index (κ2) is 12.5. The van der Waals surface area contributed by atoms with Gasteiger partial charge in [0.25, 0.3) is 0 Å². The van der Waals surface area contributed by atoms with Crippen molar-refractivity contribution < 1.29 is 0 Å². The van der Waals surface area contributed by atoms with E-state index in [1.54, 1.807) is 0 Å². The Hall–Kier alpha value is -0.870. The Kier molecular flexibility index (Phi) is 11.1. The Balaban J connectivity index is 0.00000312. The second-order valence-corrected chi connectivity index (χ2v) is 6.32. The highest BCUT2D eigenvalue weighted by atomic mass is 127. The van der Waals surface area contributed by atoms with Crippen LogP contribution in [-0.2, 0) is 6.54 Å². The Labute approximate surface area is 169 Å². The van der Waals surface area contributed by atoms with Gasteiger partial charge in [-0.1, -0.05) is 6.92 Å². The van der Waals surface area contributed by atoms with Gasteiger partial charge in [0, 0.05) is 71.3 Å². The standard InChI is InChI=1S/C17H33N7.HI/c1-4-22-11-13-23(14-12-22)16(2)15-20-17(18-3)19-7-5-9-24-10-6-8-21-24;/h6,8,10,16H,4-5,7,9,11-15H2,1-3H3,(H2,18,19,20);1H. The molecule has 1 aliphatic heterocycles. The summed E-state index contributed by atoms with van der Waals surface area (Å²) in [4.78, 5) is 9.38. The topological polar surface area (TPSA) is 60.7 Å². The molecule has 2 rings (SSSR count). The molecule has 1 unspecified atom stereocenters. The average molecular weight is 463 g/mol. The van der Waals surface area contributed by atoms with E-state index in [1.807, 2.05) is 30.2 Å². The third-order valence-electron chi connectivity index (χ3n) is 4.68. The number of hydrogen-bond acceptors (Lipinski definition) is 4. The fourth-order valence-electron chi connectivity index (χ4n) is 2.99. The second-order valence-electron chi connectivity index (χ2n) is 6.32. The van der Waals surface area contributed by atoms with Crippen molar-refractivity contribution in [3.63, 3.8) is 0 Å². The first kappa shape index (κ1) is 22.2. The number of nitrogens with zero attached hydrogens (tertiary/aromatic N) is 5. The van der Waals surface area contributed by atoms with Gasteiger partial charge >= 0.3 is 0 Å². The fourth-order valence-corrected chi connectivity index (χ4v) is 2.99. The van der Waals surface area contributed by atoms with Crippen molar-refractivity contribution in [3.8, 4) is 0 Å². The molecular formula is C17H34IN7. The molecule has 2 N–H and O–H groups in total. The first-order valence-electron chi connectivity index (χ1n) is 9.11. The van der Waals surface area contributed by atoms with E-state index in [-0.39, 0.29) is 24.0 Å². The summed E-state index contributed by atoms with van der Waals surface area (Å²) in [6, 6.07) is 2.47. The van der Waals surface area contributed by atoms with Crippen LogP contribution in [0.2, 0.25) is 0 Å². The Morgan fingerprint density at radius 3 is 2.60 bits per heavy atom.